The average Bonchev–Trinajstić information content (AvgIpc) is 2.64. The van der Waals surface area contributed by atoms with Crippen LogP contribution in [0.15, 0.2) is 41.2 Å². The van der Waals surface area contributed by atoms with Crippen molar-refractivity contribution in [2.45, 2.75) is 0 Å². The molecular formula is C17H14Br4N2O5. The summed E-state index contributed by atoms with van der Waals surface area (Å²) in [6, 6.07) is 5.10. The first-order chi connectivity index (χ1) is 13.3. The molecule has 0 atom stereocenters. The molecule has 11 heteroatoms. The Kier molecular flexibility index (Phi) is 8.59. The Hall–Kier alpha value is -1.30. The van der Waals surface area contributed by atoms with E-state index in [1.54, 1.807) is 18.2 Å². The summed E-state index contributed by atoms with van der Waals surface area (Å²) in [6.45, 7) is -0.282. The molecule has 0 heterocycles. The summed E-state index contributed by atoms with van der Waals surface area (Å²) in [4.78, 5) is 12.0. The number of benzene rings is 2. The van der Waals surface area contributed by atoms with Gasteiger partial charge in [-0.2, -0.15) is 5.10 Å². The molecule has 0 unspecified atom stereocenters. The van der Waals surface area contributed by atoms with E-state index < -0.39 is 5.91 Å². The van der Waals surface area contributed by atoms with Crippen LogP contribution < -0.4 is 19.6 Å². The molecule has 2 rings (SSSR count). The van der Waals surface area contributed by atoms with Gasteiger partial charge in [0.25, 0.3) is 5.91 Å². The van der Waals surface area contributed by atoms with Gasteiger partial charge in [0, 0.05) is 10.0 Å². The van der Waals surface area contributed by atoms with E-state index >= 15 is 0 Å². The molecule has 150 valence electrons. The second kappa shape index (κ2) is 10.5. The Morgan fingerprint density at radius 3 is 2.43 bits per heavy atom. The number of hydrogen-bond donors (Lipinski definition) is 2. The van der Waals surface area contributed by atoms with Gasteiger partial charge in [0.1, 0.15) is 10.2 Å². The lowest BCUT2D eigenvalue weighted by molar-refractivity contribution is -0.123. The quantitative estimate of drug-likeness (QED) is 0.327. The SMILES string of the molecule is COc1cc(Br)cc(Br)c1OCC(=O)N/N=C/c1cc(Br)c(OC)c(Br)c1O. The highest BCUT2D eigenvalue weighted by Gasteiger charge is 2.15. The van der Waals surface area contributed by atoms with Gasteiger partial charge in [-0.25, -0.2) is 5.43 Å². The molecule has 2 N–H and O–H groups in total. The van der Waals surface area contributed by atoms with Gasteiger partial charge in [0.05, 0.1) is 29.4 Å². The van der Waals surface area contributed by atoms with Crippen LogP contribution in [0.3, 0.4) is 0 Å². The topological polar surface area (TPSA) is 89.4 Å². The van der Waals surface area contributed by atoms with Crippen LogP contribution in [0, 0.1) is 0 Å². The summed E-state index contributed by atoms with van der Waals surface area (Å²) in [7, 11) is 2.99. The highest BCUT2D eigenvalue weighted by Crippen LogP contribution is 2.41. The number of phenols is 1. The van der Waals surface area contributed by atoms with Gasteiger partial charge in [-0.05, 0) is 66.0 Å². The lowest BCUT2D eigenvalue weighted by Gasteiger charge is -2.12. The molecule has 7 nitrogen and oxygen atoms in total. The number of hydrogen-bond acceptors (Lipinski definition) is 6. The van der Waals surface area contributed by atoms with Crippen LogP contribution >= 0.6 is 63.7 Å². The molecule has 0 saturated heterocycles. The first-order valence-electron chi connectivity index (χ1n) is 7.51. The minimum atomic E-state index is -0.487. The van der Waals surface area contributed by atoms with E-state index in [4.69, 9.17) is 14.2 Å². The highest BCUT2D eigenvalue weighted by molar-refractivity contribution is 9.11. The molecule has 0 aliphatic heterocycles. The molecule has 0 aliphatic rings. The van der Waals surface area contributed by atoms with Gasteiger partial charge in [0.15, 0.2) is 23.9 Å². The van der Waals surface area contributed by atoms with E-state index in [1.165, 1.54) is 20.4 Å². The fourth-order valence-electron chi connectivity index (χ4n) is 2.07. The van der Waals surface area contributed by atoms with Gasteiger partial charge in [0.2, 0.25) is 0 Å². The summed E-state index contributed by atoms with van der Waals surface area (Å²) in [5.74, 6) is 0.749. The van der Waals surface area contributed by atoms with Gasteiger partial charge in [-0.15, -0.1) is 0 Å². The molecule has 1 amide bonds. The maximum Gasteiger partial charge on any atom is 0.277 e. The first-order valence-corrected chi connectivity index (χ1v) is 10.7. The van der Waals surface area contributed by atoms with Crippen molar-refractivity contribution in [1.29, 1.82) is 0 Å². The number of halogens is 4. The largest absolute Gasteiger partial charge is 0.506 e. The number of phenolic OH excluding ortho intramolecular Hbond substituents is 1. The Balaban J connectivity index is 2.02. The predicted octanol–water partition coefficient (Wildman–Crippen LogP) is 4.99. The Bertz CT molecular complexity index is 921. The highest BCUT2D eigenvalue weighted by atomic mass is 79.9. The number of carbonyl (C=O) groups excluding carboxylic acids is 1. The Morgan fingerprint density at radius 1 is 1.11 bits per heavy atom. The van der Waals surface area contributed by atoms with Crippen LogP contribution in [0.1, 0.15) is 5.56 Å². The maximum absolute atomic E-state index is 12.0. The van der Waals surface area contributed by atoms with Crippen molar-refractivity contribution in [2.75, 3.05) is 20.8 Å². The van der Waals surface area contributed by atoms with Crippen molar-refractivity contribution in [3.8, 4) is 23.0 Å². The van der Waals surface area contributed by atoms with Gasteiger partial charge in [-0.3, -0.25) is 4.79 Å². The molecule has 0 spiro atoms. The average molecular weight is 646 g/mol. The number of ether oxygens (including phenoxy) is 3. The Morgan fingerprint density at radius 2 is 1.79 bits per heavy atom. The standard InChI is InChI=1S/C17H14Br4N2O5/c1-26-12-5-9(18)4-11(20)16(12)28-7-13(24)23-22-6-8-3-10(19)17(27-2)14(21)15(8)25/h3-6,25H,7H2,1-2H3,(H,23,24)/b22-6+. The molecule has 0 aromatic heterocycles. The fourth-order valence-corrected chi connectivity index (χ4v) is 4.84. The summed E-state index contributed by atoms with van der Waals surface area (Å²) in [6.07, 6.45) is 1.30. The number of nitrogens with zero attached hydrogens (tertiary/aromatic N) is 1. The molecule has 2 aromatic carbocycles. The van der Waals surface area contributed by atoms with Gasteiger partial charge < -0.3 is 19.3 Å². The van der Waals surface area contributed by atoms with Gasteiger partial charge in [-0.1, -0.05) is 15.9 Å². The van der Waals surface area contributed by atoms with E-state index in [-0.39, 0.29) is 12.4 Å². The van der Waals surface area contributed by atoms with Crippen molar-refractivity contribution in [3.63, 3.8) is 0 Å². The van der Waals surface area contributed by atoms with Gasteiger partial charge >= 0.3 is 0 Å². The minimum Gasteiger partial charge on any atom is -0.506 e. The normalized spacial score (nSPS) is 10.8. The van der Waals surface area contributed by atoms with Crippen LogP contribution in [0.25, 0.3) is 0 Å². The third-order valence-corrected chi connectivity index (χ3v) is 5.69. The number of methoxy groups -OCH3 is 2. The van der Waals surface area contributed by atoms with Crippen LogP contribution in [-0.2, 0) is 4.79 Å². The van der Waals surface area contributed by atoms with Crippen molar-refractivity contribution in [3.05, 3.63) is 41.7 Å². The molecule has 2 aromatic rings. The summed E-state index contributed by atoms with van der Waals surface area (Å²) in [5, 5.41) is 14.0. The number of rotatable bonds is 7. The third-order valence-electron chi connectivity index (χ3n) is 3.32. The van der Waals surface area contributed by atoms with Crippen LogP contribution in [0.5, 0.6) is 23.0 Å². The zero-order valence-corrected chi connectivity index (χ0v) is 20.9. The van der Waals surface area contributed by atoms with Crippen LogP contribution in [0.2, 0.25) is 0 Å². The number of hydrazone groups is 1. The third kappa shape index (κ3) is 5.62. The molecular weight excluding hydrogens is 632 g/mol. The number of carbonyl (C=O) groups is 1. The smallest absolute Gasteiger partial charge is 0.277 e. The van der Waals surface area contributed by atoms with Crippen molar-refractivity contribution >= 4 is 75.8 Å². The summed E-state index contributed by atoms with van der Waals surface area (Å²) in [5.41, 5.74) is 2.70. The second-order valence-corrected chi connectivity index (χ2v) is 8.56. The van der Waals surface area contributed by atoms with E-state index in [9.17, 15) is 9.90 Å². The van der Waals surface area contributed by atoms with Crippen molar-refractivity contribution in [2.24, 2.45) is 5.10 Å². The molecule has 0 saturated carbocycles. The molecule has 28 heavy (non-hydrogen) atoms. The monoisotopic (exact) mass is 642 g/mol. The lowest BCUT2D eigenvalue weighted by Crippen LogP contribution is -2.24. The van der Waals surface area contributed by atoms with E-state index in [0.717, 1.165) is 4.47 Å². The van der Waals surface area contributed by atoms with Crippen molar-refractivity contribution < 1.29 is 24.1 Å². The summed E-state index contributed by atoms with van der Waals surface area (Å²) < 4.78 is 18.3. The fraction of sp³-hybridized carbons (Fsp3) is 0.176. The molecule has 0 aliphatic carbocycles. The van der Waals surface area contributed by atoms with E-state index in [2.05, 4.69) is 74.2 Å². The zero-order chi connectivity index (χ0) is 20.8. The Labute approximate surface area is 194 Å². The second-order valence-electron chi connectivity index (χ2n) is 5.14. The number of nitrogens with one attached hydrogen (secondary N) is 1. The first kappa shape index (κ1) is 23.0. The molecule has 0 fully saturated rings. The number of amides is 1. The van der Waals surface area contributed by atoms with Crippen molar-refractivity contribution in [1.82, 2.24) is 5.43 Å². The predicted molar refractivity (Wildman–Crippen MR) is 120 cm³/mol. The maximum atomic E-state index is 12.0. The lowest BCUT2D eigenvalue weighted by atomic mass is 10.2. The number of aromatic hydroxyl groups is 1. The molecule has 0 bridgehead atoms. The van der Waals surface area contributed by atoms with E-state index in [0.29, 0.717) is 36.2 Å². The zero-order valence-electron chi connectivity index (χ0n) is 14.6. The van der Waals surface area contributed by atoms with Crippen LogP contribution in [0.4, 0.5) is 0 Å². The van der Waals surface area contributed by atoms with E-state index in [1.807, 2.05) is 0 Å². The summed E-state index contributed by atoms with van der Waals surface area (Å²) >= 11 is 13.3. The minimum absolute atomic E-state index is 0.0715. The molecule has 0 radical (unpaired) electrons. The van der Waals surface area contributed by atoms with Crippen LogP contribution in [-0.4, -0.2) is 38.1 Å².